The van der Waals surface area contributed by atoms with Crippen molar-refractivity contribution in [2.45, 2.75) is 45.3 Å². The molecule has 2 aromatic heterocycles. The fraction of sp³-hybridized carbons (Fsp3) is 0.360. The van der Waals surface area contributed by atoms with Gasteiger partial charge < -0.3 is 9.88 Å². The van der Waals surface area contributed by atoms with Crippen LogP contribution in [-0.4, -0.2) is 28.0 Å². The van der Waals surface area contributed by atoms with Gasteiger partial charge in [-0.1, -0.05) is 31.9 Å². The minimum Gasteiger partial charge on any atom is -0.344 e. The van der Waals surface area contributed by atoms with E-state index in [2.05, 4.69) is 64.3 Å². The number of hydrogen-bond acceptors (Lipinski definition) is 3. The van der Waals surface area contributed by atoms with Crippen molar-refractivity contribution in [2.24, 2.45) is 5.92 Å². The number of benzene rings is 1. The molecule has 0 radical (unpaired) electrons. The van der Waals surface area contributed by atoms with Gasteiger partial charge in [-0.05, 0) is 53.6 Å². The summed E-state index contributed by atoms with van der Waals surface area (Å²) in [6, 6.07) is 10.4. The highest BCUT2D eigenvalue weighted by atomic mass is 16.2. The highest BCUT2D eigenvalue weighted by Crippen LogP contribution is 2.36. The Labute approximate surface area is 177 Å². The van der Waals surface area contributed by atoms with E-state index in [9.17, 15) is 4.79 Å². The van der Waals surface area contributed by atoms with Crippen molar-refractivity contribution in [3.63, 3.8) is 0 Å². The summed E-state index contributed by atoms with van der Waals surface area (Å²) in [4.78, 5) is 16.9. The number of carbonyl (C=O) groups is 1. The Hall–Kier alpha value is -3.10. The minimum absolute atomic E-state index is 0.0375. The van der Waals surface area contributed by atoms with Crippen LogP contribution in [0.4, 0.5) is 0 Å². The first-order chi connectivity index (χ1) is 14.6. The molecule has 1 aromatic carbocycles. The molecule has 1 aliphatic rings. The van der Waals surface area contributed by atoms with Crippen LogP contribution in [0.1, 0.15) is 43.0 Å². The van der Waals surface area contributed by atoms with Gasteiger partial charge in [0, 0.05) is 42.1 Å². The summed E-state index contributed by atoms with van der Waals surface area (Å²) in [5.41, 5.74) is 4.89. The van der Waals surface area contributed by atoms with E-state index in [1.54, 1.807) is 0 Å². The first-order valence-electron chi connectivity index (χ1n) is 10.5. The lowest BCUT2D eigenvalue weighted by atomic mass is 9.94. The Morgan fingerprint density at radius 3 is 2.87 bits per heavy atom. The van der Waals surface area contributed by atoms with Crippen LogP contribution in [0, 0.1) is 18.3 Å². The van der Waals surface area contributed by atoms with Gasteiger partial charge in [0.05, 0.1) is 12.6 Å². The van der Waals surface area contributed by atoms with E-state index in [-0.39, 0.29) is 24.5 Å². The number of rotatable bonds is 6. The molecule has 154 valence electrons. The highest BCUT2D eigenvalue weighted by molar-refractivity contribution is 5.90. The van der Waals surface area contributed by atoms with Crippen molar-refractivity contribution in [3.8, 4) is 12.3 Å². The zero-order valence-electron chi connectivity index (χ0n) is 17.6. The maximum atomic E-state index is 12.8. The molecule has 0 saturated heterocycles. The molecule has 0 fully saturated rings. The highest BCUT2D eigenvalue weighted by Gasteiger charge is 2.30. The fourth-order valence-corrected chi connectivity index (χ4v) is 4.44. The van der Waals surface area contributed by atoms with Crippen molar-refractivity contribution < 1.29 is 4.79 Å². The molecule has 1 aliphatic heterocycles. The normalized spacial score (nSPS) is 18.2. The maximum absolute atomic E-state index is 12.8. The van der Waals surface area contributed by atoms with Gasteiger partial charge in [0.2, 0.25) is 5.91 Å². The van der Waals surface area contributed by atoms with Gasteiger partial charge in [0.1, 0.15) is 0 Å². The monoisotopic (exact) mass is 400 g/mol. The third-order valence-electron chi connectivity index (χ3n) is 5.71. The SMILES string of the molecule is C#CCNC(=O)[C@@H]1Cc2cn(Cc3ccncc3)c3cccc(c23)[C@H](CC(C)C)N1. The quantitative estimate of drug-likeness (QED) is 0.623. The predicted molar refractivity (Wildman–Crippen MR) is 120 cm³/mol. The fourth-order valence-electron chi connectivity index (χ4n) is 4.44. The summed E-state index contributed by atoms with van der Waals surface area (Å²) in [5.74, 6) is 2.97. The van der Waals surface area contributed by atoms with Gasteiger partial charge >= 0.3 is 0 Å². The molecule has 5 heteroatoms. The predicted octanol–water partition coefficient (Wildman–Crippen LogP) is 3.44. The molecule has 30 heavy (non-hydrogen) atoms. The molecule has 4 rings (SSSR count). The molecule has 5 nitrogen and oxygen atoms in total. The van der Waals surface area contributed by atoms with Crippen molar-refractivity contribution >= 4 is 16.8 Å². The van der Waals surface area contributed by atoms with Crippen molar-refractivity contribution in [1.29, 1.82) is 0 Å². The van der Waals surface area contributed by atoms with Crippen LogP contribution in [0.2, 0.25) is 0 Å². The van der Waals surface area contributed by atoms with Gasteiger partial charge in [-0.2, -0.15) is 0 Å². The van der Waals surface area contributed by atoms with Gasteiger partial charge in [-0.15, -0.1) is 6.42 Å². The largest absolute Gasteiger partial charge is 0.344 e. The molecule has 3 aromatic rings. The molecule has 0 saturated carbocycles. The number of amides is 1. The summed E-state index contributed by atoms with van der Waals surface area (Å²) in [6.07, 6.45) is 12.8. The standard InChI is InChI=1S/C25H28N4O/c1-4-10-27-25(30)22-14-19-16-29(15-18-8-11-26-12-9-18)23-7-5-6-20(24(19)23)21(28-22)13-17(2)3/h1,5-9,11-12,16-17,21-22,28H,10,13-15H2,2-3H3,(H,27,30)/t21-,22-/m0/s1. The van der Waals surface area contributed by atoms with E-state index in [0.29, 0.717) is 12.3 Å². The van der Waals surface area contributed by atoms with Crippen LogP contribution < -0.4 is 10.6 Å². The van der Waals surface area contributed by atoms with Crippen LogP contribution in [-0.2, 0) is 17.8 Å². The van der Waals surface area contributed by atoms with Gasteiger partial charge in [0.15, 0.2) is 0 Å². The van der Waals surface area contributed by atoms with E-state index in [4.69, 9.17) is 6.42 Å². The first-order valence-corrected chi connectivity index (χ1v) is 10.5. The summed E-state index contributed by atoms with van der Waals surface area (Å²) in [5, 5.41) is 7.75. The van der Waals surface area contributed by atoms with Gasteiger partial charge in [0.25, 0.3) is 0 Å². The lowest BCUT2D eigenvalue weighted by Crippen LogP contribution is -2.46. The zero-order valence-corrected chi connectivity index (χ0v) is 17.6. The number of nitrogens with zero attached hydrogens (tertiary/aromatic N) is 2. The second-order valence-corrected chi connectivity index (χ2v) is 8.41. The molecule has 0 aliphatic carbocycles. The Balaban J connectivity index is 1.77. The summed E-state index contributed by atoms with van der Waals surface area (Å²) >= 11 is 0. The number of aromatic nitrogens is 2. The van der Waals surface area contributed by atoms with Crippen LogP contribution in [0.5, 0.6) is 0 Å². The third-order valence-corrected chi connectivity index (χ3v) is 5.71. The first kappa shape index (κ1) is 20.2. The van der Waals surface area contributed by atoms with Crippen molar-refractivity contribution in [2.75, 3.05) is 6.54 Å². The Kier molecular flexibility index (Phi) is 5.87. The molecule has 0 unspecified atom stereocenters. The number of pyridine rings is 1. The van der Waals surface area contributed by atoms with Crippen LogP contribution >= 0.6 is 0 Å². The molecule has 0 bridgehead atoms. The Morgan fingerprint density at radius 1 is 1.33 bits per heavy atom. The molecule has 2 N–H and O–H groups in total. The Bertz CT molecular complexity index is 1080. The van der Waals surface area contributed by atoms with E-state index < -0.39 is 0 Å². The van der Waals surface area contributed by atoms with E-state index in [0.717, 1.165) is 13.0 Å². The molecule has 0 spiro atoms. The Morgan fingerprint density at radius 2 is 2.13 bits per heavy atom. The smallest absolute Gasteiger partial charge is 0.238 e. The van der Waals surface area contributed by atoms with Crippen LogP contribution in [0.15, 0.2) is 48.9 Å². The maximum Gasteiger partial charge on any atom is 0.238 e. The minimum atomic E-state index is -0.311. The summed E-state index contributed by atoms with van der Waals surface area (Å²) < 4.78 is 2.29. The number of terminal acetylenes is 1. The van der Waals surface area contributed by atoms with Crippen LogP contribution in [0.3, 0.4) is 0 Å². The number of carbonyl (C=O) groups excluding carboxylic acids is 1. The van der Waals surface area contributed by atoms with Crippen LogP contribution in [0.25, 0.3) is 10.9 Å². The molecular formula is C25H28N4O. The van der Waals surface area contributed by atoms with Crippen molar-refractivity contribution in [1.82, 2.24) is 20.2 Å². The van der Waals surface area contributed by atoms with Gasteiger partial charge in [-0.25, -0.2) is 0 Å². The lowest BCUT2D eigenvalue weighted by molar-refractivity contribution is -0.123. The molecular weight excluding hydrogens is 372 g/mol. The number of nitrogens with one attached hydrogen (secondary N) is 2. The summed E-state index contributed by atoms with van der Waals surface area (Å²) in [7, 11) is 0. The molecule has 1 amide bonds. The third kappa shape index (κ3) is 4.10. The van der Waals surface area contributed by atoms with E-state index in [1.807, 2.05) is 24.5 Å². The van der Waals surface area contributed by atoms with Gasteiger partial charge in [-0.3, -0.25) is 15.1 Å². The topological polar surface area (TPSA) is 59.0 Å². The zero-order chi connectivity index (χ0) is 21.1. The van der Waals surface area contributed by atoms with E-state index in [1.165, 1.54) is 27.6 Å². The second-order valence-electron chi connectivity index (χ2n) is 8.41. The van der Waals surface area contributed by atoms with E-state index >= 15 is 0 Å². The second kappa shape index (κ2) is 8.73. The lowest BCUT2D eigenvalue weighted by Gasteiger charge is -2.25. The molecule has 2 atom stereocenters. The molecule has 3 heterocycles. The average Bonchev–Trinajstić information content (AvgIpc) is 3.00. The average molecular weight is 401 g/mol. The summed E-state index contributed by atoms with van der Waals surface area (Å²) in [6.45, 7) is 5.46. The number of hydrogen-bond donors (Lipinski definition) is 2. The van der Waals surface area contributed by atoms with Crippen molar-refractivity contribution in [3.05, 3.63) is 65.6 Å².